The molecule has 0 aliphatic carbocycles. The summed E-state index contributed by atoms with van der Waals surface area (Å²) >= 11 is 7.11. The minimum Gasteiger partial charge on any atom is -0.490 e. The lowest BCUT2D eigenvalue weighted by Crippen LogP contribution is -2.29. The van der Waals surface area contributed by atoms with Gasteiger partial charge in [-0.1, -0.05) is 45.0 Å². The maximum atomic E-state index is 12.7. The molecule has 0 aliphatic heterocycles. The highest BCUT2D eigenvalue weighted by atomic mass is 35.5. The van der Waals surface area contributed by atoms with Gasteiger partial charge in [0.15, 0.2) is 5.17 Å². The zero-order valence-electron chi connectivity index (χ0n) is 17.2. The Morgan fingerprint density at radius 3 is 2.61 bits per heavy atom. The Morgan fingerprint density at radius 1 is 1.32 bits per heavy atom. The van der Waals surface area contributed by atoms with E-state index >= 15 is 0 Å². The largest absolute Gasteiger partial charge is 0.490 e. The lowest BCUT2D eigenvalue weighted by molar-refractivity contribution is 0.0976. The first-order valence-electron chi connectivity index (χ1n) is 9.55. The molecule has 0 saturated carbocycles. The van der Waals surface area contributed by atoms with E-state index in [0.717, 1.165) is 25.7 Å². The number of hydrogen-bond acceptors (Lipinski definition) is 5. The number of aliphatic imine (C=N–C) groups is 1. The minimum atomic E-state index is -0.277. The van der Waals surface area contributed by atoms with Crippen molar-refractivity contribution in [2.24, 2.45) is 4.99 Å². The van der Waals surface area contributed by atoms with Crippen LogP contribution in [0.3, 0.4) is 0 Å². The maximum absolute atomic E-state index is 12.7. The molecule has 1 aromatic carbocycles. The van der Waals surface area contributed by atoms with Crippen LogP contribution in [0.2, 0.25) is 0 Å². The highest BCUT2D eigenvalue weighted by Gasteiger charge is 2.15. The zero-order valence-corrected chi connectivity index (χ0v) is 18.8. The van der Waals surface area contributed by atoms with Crippen molar-refractivity contribution in [2.45, 2.75) is 52.6 Å². The van der Waals surface area contributed by atoms with Gasteiger partial charge < -0.3 is 14.8 Å². The quantitative estimate of drug-likeness (QED) is 0.215. The SMILES string of the molecule is C=C(C)Oc1cc(OC(CC)CCCC)cc(C(=O)NC(=NC)SCCCl)c1. The first kappa shape index (κ1) is 24.4. The molecular formula is C21H31ClN2O3S. The Morgan fingerprint density at radius 2 is 2.04 bits per heavy atom. The molecule has 0 aliphatic rings. The van der Waals surface area contributed by atoms with Crippen molar-refractivity contribution in [3.63, 3.8) is 0 Å². The number of carbonyl (C=O) groups is 1. The van der Waals surface area contributed by atoms with Crippen LogP contribution in [0.5, 0.6) is 11.5 Å². The molecule has 0 spiro atoms. The second-order valence-corrected chi connectivity index (χ2v) is 7.77. The number of nitrogens with one attached hydrogen (secondary N) is 1. The molecule has 28 heavy (non-hydrogen) atoms. The van der Waals surface area contributed by atoms with Crippen LogP contribution in [0.15, 0.2) is 35.5 Å². The molecule has 0 bridgehead atoms. The lowest BCUT2D eigenvalue weighted by Gasteiger charge is -2.19. The summed E-state index contributed by atoms with van der Waals surface area (Å²) in [6, 6.07) is 5.19. The van der Waals surface area contributed by atoms with Crippen LogP contribution in [-0.2, 0) is 0 Å². The molecule has 0 aromatic heterocycles. The molecule has 7 heteroatoms. The Hall–Kier alpha value is -1.66. The van der Waals surface area contributed by atoms with Gasteiger partial charge in [-0.3, -0.25) is 9.79 Å². The van der Waals surface area contributed by atoms with Crippen molar-refractivity contribution < 1.29 is 14.3 Å². The van der Waals surface area contributed by atoms with Crippen LogP contribution in [0.1, 0.15) is 56.8 Å². The number of allylic oxidation sites excluding steroid dienone is 1. The zero-order chi connectivity index (χ0) is 20.9. The molecule has 1 aromatic rings. The van der Waals surface area contributed by atoms with Gasteiger partial charge in [0.1, 0.15) is 11.5 Å². The molecule has 1 unspecified atom stereocenters. The Bertz CT molecular complexity index is 680. The van der Waals surface area contributed by atoms with Crippen molar-refractivity contribution in [2.75, 3.05) is 18.7 Å². The predicted molar refractivity (Wildman–Crippen MR) is 120 cm³/mol. The minimum absolute atomic E-state index is 0.1000. The van der Waals surface area contributed by atoms with Gasteiger partial charge in [0.05, 0.1) is 11.9 Å². The number of halogens is 1. The number of alkyl halides is 1. The Balaban J connectivity index is 3.05. The third kappa shape index (κ3) is 9.02. The fourth-order valence-electron chi connectivity index (χ4n) is 2.46. The molecule has 1 rings (SSSR count). The third-order valence-corrected chi connectivity index (χ3v) is 5.19. The van der Waals surface area contributed by atoms with E-state index in [1.807, 2.05) is 0 Å². The van der Waals surface area contributed by atoms with Gasteiger partial charge >= 0.3 is 0 Å². The van der Waals surface area contributed by atoms with Crippen molar-refractivity contribution in [1.29, 1.82) is 0 Å². The van der Waals surface area contributed by atoms with Crippen LogP contribution in [0.25, 0.3) is 0 Å². The molecule has 0 radical (unpaired) electrons. The van der Waals surface area contributed by atoms with E-state index in [9.17, 15) is 4.79 Å². The summed E-state index contributed by atoms with van der Waals surface area (Å²) in [5, 5.41) is 3.33. The number of amides is 1. The number of carbonyl (C=O) groups excluding carboxylic acids is 1. The first-order chi connectivity index (χ1) is 13.4. The van der Waals surface area contributed by atoms with Gasteiger partial charge in [-0.25, -0.2) is 0 Å². The molecule has 1 N–H and O–H groups in total. The van der Waals surface area contributed by atoms with E-state index in [-0.39, 0.29) is 12.0 Å². The second-order valence-electron chi connectivity index (χ2n) is 6.31. The normalized spacial score (nSPS) is 12.4. The number of rotatable bonds is 11. The van der Waals surface area contributed by atoms with Gasteiger partial charge in [-0.05, 0) is 31.9 Å². The number of hydrogen-bond donors (Lipinski definition) is 1. The van der Waals surface area contributed by atoms with Crippen molar-refractivity contribution >= 4 is 34.4 Å². The fourth-order valence-corrected chi connectivity index (χ4v) is 3.26. The highest BCUT2D eigenvalue weighted by Crippen LogP contribution is 2.26. The van der Waals surface area contributed by atoms with Crippen molar-refractivity contribution in [3.8, 4) is 11.5 Å². The van der Waals surface area contributed by atoms with Gasteiger partial charge in [-0.15, -0.1) is 11.6 Å². The predicted octanol–water partition coefficient (Wildman–Crippen LogP) is 5.63. The van der Waals surface area contributed by atoms with Gasteiger partial charge in [0.25, 0.3) is 5.91 Å². The van der Waals surface area contributed by atoms with Crippen LogP contribution >= 0.6 is 23.4 Å². The van der Waals surface area contributed by atoms with E-state index in [1.165, 1.54) is 11.8 Å². The molecule has 0 heterocycles. The summed E-state index contributed by atoms with van der Waals surface area (Å²) in [6.45, 7) is 9.78. The van der Waals surface area contributed by atoms with E-state index in [4.69, 9.17) is 21.1 Å². The molecule has 1 atom stereocenters. The van der Waals surface area contributed by atoms with Crippen LogP contribution < -0.4 is 14.8 Å². The Labute approximate surface area is 177 Å². The molecular weight excluding hydrogens is 396 g/mol. The van der Waals surface area contributed by atoms with Crippen molar-refractivity contribution in [3.05, 3.63) is 36.1 Å². The standard InChI is InChI=1S/C21H31ClN2O3S/c1-6-8-9-17(7-2)27-19-13-16(12-18(14-19)26-15(3)4)20(25)24-21(23-5)28-11-10-22/h12-14,17H,3,6-11H2,1-2,4-5H3,(H,23,24,25). The number of ether oxygens (including phenoxy) is 2. The van der Waals surface area contributed by atoms with E-state index in [2.05, 4.69) is 30.7 Å². The molecule has 156 valence electrons. The second kappa shape index (κ2) is 13.5. The van der Waals surface area contributed by atoms with E-state index in [0.29, 0.717) is 39.6 Å². The molecule has 1 amide bonds. The maximum Gasteiger partial charge on any atom is 0.257 e. The third-order valence-electron chi connectivity index (χ3n) is 3.81. The van der Waals surface area contributed by atoms with Gasteiger partial charge in [0.2, 0.25) is 0 Å². The topological polar surface area (TPSA) is 59.9 Å². The highest BCUT2D eigenvalue weighted by molar-refractivity contribution is 8.13. The van der Waals surface area contributed by atoms with Crippen LogP contribution in [0.4, 0.5) is 0 Å². The first-order valence-corrected chi connectivity index (χ1v) is 11.1. The average Bonchev–Trinajstić information content (AvgIpc) is 2.67. The monoisotopic (exact) mass is 426 g/mol. The summed E-state index contributed by atoms with van der Waals surface area (Å²) in [5.74, 6) is 2.53. The molecule has 0 fully saturated rings. The number of unbranched alkanes of at least 4 members (excludes halogenated alkanes) is 1. The van der Waals surface area contributed by atoms with E-state index < -0.39 is 0 Å². The smallest absolute Gasteiger partial charge is 0.257 e. The molecule has 0 saturated heterocycles. The number of thioether (sulfide) groups is 1. The Kier molecular flexibility index (Phi) is 11.8. The fraction of sp³-hybridized carbons (Fsp3) is 0.524. The van der Waals surface area contributed by atoms with E-state index in [1.54, 1.807) is 32.2 Å². The van der Waals surface area contributed by atoms with Crippen LogP contribution in [0, 0.1) is 0 Å². The van der Waals surface area contributed by atoms with Gasteiger partial charge in [0, 0.05) is 30.3 Å². The summed E-state index contributed by atoms with van der Waals surface area (Å²) in [6.07, 6.45) is 4.19. The van der Waals surface area contributed by atoms with Gasteiger partial charge in [-0.2, -0.15) is 0 Å². The number of benzene rings is 1. The van der Waals surface area contributed by atoms with Crippen molar-refractivity contribution in [1.82, 2.24) is 5.32 Å². The number of nitrogens with zero attached hydrogens (tertiary/aromatic N) is 1. The summed E-state index contributed by atoms with van der Waals surface area (Å²) in [5.41, 5.74) is 0.437. The molecule has 5 nitrogen and oxygen atoms in total. The number of amidine groups is 1. The lowest BCUT2D eigenvalue weighted by atomic mass is 10.1. The summed E-state index contributed by atoms with van der Waals surface area (Å²) < 4.78 is 11.8. The average molecular weight is 427 g/mol. The summed E-state index contributed by atoms with van der Waals surface area (Å²) in [4.78, 5) is 16.8. The van der Waals surface area contributed by atoms with Crippen LogP contribution in [-0.4, -0.2) is 35.9 Å². The summed E-state index contributed by atoms with van der Waals surface area (Å²) in [7, 11) is 1.63.